The van der Waals surface area contributed by atoms with Crippen LogP contribution in [-0.4, -0.2) is 85.9 Å². The Kier molecular flexibility index (Phi) is 9.04. The van der Waals surface area contributed by atoms with Crippen LogP contribution in [0.25, 0.3) is 0 Å². The summed E-state index contributed by atoms with van der Waals surface area (Å²) in [5.74, 6) is 0.723. The first-order valence-corrected chi connectivity index (χ1v) is 9.60. The fourth-order valence-corrected chi connectivity index (χ4v) is 3.54. The average molecular weight is 491 g/mol. The van der Waals surface area contributed by atoms with E-state index >= 15 is 0 Å². The Morgan fingerprint density at radius 2 is 1.89 bits per heavy atom. The summed E-state index contributed by atoms with van der Waals surface area (Å²) in [5, 5.41) is 13.0. The summed E-state index contributed by atoms with van der Waals surface area (Å²) in [5.41, 5.74) is 1.09. The van der Waals surface area contributed by atoms with Gasteiger partial charge in [-0.3, -0.25) is 9.89 Å². The van der Waals surface area contributed by atoms with Gasteiger partial charge in [-0.1, -0.05) is 0 Å². The molecule has 2 aliphatic rings. The number of piperazine rings is 1. The fraction of sp³-hybridized carbons (Fsp3) is 0.632. The number of nitrogens with zero attached hydrogens (tertiary/aromatic N) is 4. The summed E-state index contributed by atoms with van der Waals surface area (Å²) in [7, 11) is 0. The summed E-state index contributed by atoms with van der Waals surface area (Å²) in [6.45, 7) is 10.0. The topological polar surface area (TPSA) is 54.3 Å². The molecule has 3 rings (SSSR count). The maximum atomic E-state index is 13.0. The van der Waals surface area contributed by atoms with Gasteiger partial charge in [0.05, 0.1) is 12.6 Å². The van der Waals surface area contributed by atoms with Gasteiger partial charge in [-0.2, -0.15) is 0 Å². The Balaban J connectivity index is 0.00000261. The van der Waals surface area contributed by atoms with E-state index in [1.165, 1.54) is 12.1 Å². The number of aliphatic imine (C=N–C) groups is 1. The number of β-amino-alcohol motifs (C(OH)–C–C–N with tert-alkyl or cyclic N) is 1. The van der Waals surface area contributed by atoms with Crippen LogP contribution in [0.5, 0.6) is 0 Å². The molecular weight excluding hydrogens is 460 g/mol. The number of rotatable bonds is 5. The third kappa shape index (κ3) is 6.46. The molecule has 0 amide bonds. The van der Waals surface area contributed by atoms with E-state index in [4.69, 9.17) is 4.99 Å². The molecule has 1 aromatic carbocycles. The predicted octanol–water partition coefficient (Wildman–Crippen LogP) is 1.60. The van der Waals surface area contributed by atoms with Crippen molar-refractivity contribution in [3.63, 3.8) is 0 Å². The maximum absolute atomic E-state index is 13.0. The van der Waals surface area contributed by atoms with Crippen molar-refractivity contribution < 1.29 is 9.50 Å². The van der Waals surface area contributed by atoms with Crippen LogP contribution in [0.4, 0.5) is 10.1 Å². The first kappa shape index (κ1) is 22.2. The van der Waals surface area contributed by atoms with E-state index in [-0.39, 0.29) is 35.9 Å². The van der Waals surface area contributed by atoms with Gasteiger partial charge in [0.1, 0.15) is 5.82 Å². The van der Waals surface area contributed by atoms with E-state index in [1.807, 2.05) is 12.1 Å². The molecule has 0 radical (unpaired) electrons. The fourth-order valence-electron chi connectivity index (χ4n) is 3.54. The quantitative estimate of drug-likeness (QED) is 0.373. The van der Waals surface area contributed by atoms with Gasteiger partial charge in [-0.15, -0.1) is 24.0 Å². The summed E-state index contributed by atoms with van der Waals surface area (Å²) < 4.78 is 13.0. The Hall–Kier alpha value is -1.13. The van der Waals surface area contributed by atoms with Crippen molar-refractivity contribution in [3.05, 3.63) is 30.1 Å². The molecule has 2 saturated heterocycles. The van der Waals surface area contributed by atoms with E-state index in [9.17, 15) is 9.50 Å². The lowest BCUT2D eigenvalue weighted by molar-refractivity contribution is 0.187. The highest BCUT2D eigenvalue weighted by Crippen LogP contribution is 2.16. The number of aliphatic hydroxyl groups excluding tert-OH is 1. The highest BCUT2D eigenvalue weighted by Gasteiger charge is 2.23. The van der Waals surface area contributed by atoms with Crippen molar-refractivity contribution in [1.82, 2.24) is 15.1 Å². The van der Waals surface area contributed by atoms with Gasteiger partial charge in [0.25, 0.3) is 0 Å². The van der Waals surface area contributed by atoms with Crippen LogP contribution < -0.4 is 10.2 Å². The van der Waals surface area contributed by atoms with Gasteiger partial charge in [0.2, 0.25) is 0 Å². The number of nitrogens with one attached hydrogen (secondary N) is 1. The van der Waals surface area contributed by atoms with Crippen LogP contribution in [-0.2, 0) is 0 Å². The number of likely N-dealkylation sites (tertiary alicyclic amines) is 1. The van der Waals surface area contributed by atoms with Gasteiger partial charge < -0.3 is 20.2 Å². The molecule has 2 heterocycles. The lowest BCUT2D eigenvalue weighted by Gasteiger charge is -2.36. The van der Waals surface area contributed by atoms with Crippen molar-refractivity contribution in [3.8, 4) is 0 Å². The normalized spacial score (nSPS) is 21.3. The molecule has 152 valence electrons. The molecule has 1 atom stereocenters. The number of guanidine groups is 1. The summed E-state index contributed by atoms with van der Waals surface area (Å²) in [4.78, 5) is 11.6. The zero-order valence-electron chi connectivity index (χ0n) is 16.0. The molecule has 0 bridgehead atoms. The van der Waals surface area contributed by atoms with Gasteiger partial charge in [0.15, 0.2) is 5.96 Å². The van der Waals surface area contributed by atoms with Gasteiger partial charge in [-0.05, 0) is 37.6 Å². The van der Waals surface area contributed by atoms with Crippen LogP contribution >= 0.6 is 24.0 Å². The molecule has 8 heteroatoms. The third-order valence-electron chi connectivity index (χ3n) is 5.04. The third-order valence-corrected chi connectivity index (χ3v) is 5.04. The maximum Gasteiger partial charge on any atom is 0.194 e. The molecule has 0 unspecified atom stereocenters. The van der Waals surface area contributed by atoms with Crippen molar-refractivity contribution >= 4 is 35.6 Å². The standard InChI is InChI=1S/C19H30FN5O.HI/c1-2-21-19(25-9-7-18(26)15-25)22-8-10-23-11-13-24(14-12-23)17-5-3-16(20)4-6-17;/h3-6,18,26H,2,7-15H2,1H3,(H,21,22);1H/t18-;/m1./s1. The average Bonchev–Trinajstić information content (AvgIpc) is 3.09. The minimum absolute atomic E-state index is 0. The molecule has 0 saturated carbocycles. The van der Waals surface area contributed by atoms with Crippen molar-refractivity contribution in [2.45, 2.75) is 19.4 Å². The highest BCUT2D eigenvalue weighted by atomic mass is 127. The molecule has 0 spiro atoms. The van der Waals surface area contributed by atoms with E-state index in [0.717, 1.165) is 70.4 Å². The van der Waals surface area contributed by atoms with Crippen LogP contribution in [0.15, 0.2) is 29.3 Å². The summed E-state index contributed by atoms with van der Waals surface area (Å²) in [6, 6.07) is 6.74. The van der Waals surface area contributed by atoms with Crippen LogP contribution in [0.2, 0.25) is 0 Å². The second-order valence-electron chi connectivity index (χ2n) is 6.93. The zero-order chi connectivity index (χ0) is 18.4. The molecule has 6 nitrogen and oxygen atoms in total. The molecule has 0 aromatic heterocycles. The lowest BCUT2D eigenvalue weighted by atomic mass is 10.2. The molecule has 27 heavy (non-hydrogen) atoms. The Labute approximate surface area is 178 Å². The number of benzene rings is 1. The first-order valence-electron chi connectivity index (χ1n) is 9.60. The van der Waals surface area contributed by atoms with Crippen LogP contribution in [0, 0.1) is 5.82 Å². The molecular formula is C19H31FIN5O. The van der Waals surface area contributed by atoms with E-state index in [2.05, 4.69) is 26.9 Å². The molecule has 2 aliphatic heterocycles. The second-order valence-corrected chi connectivity index (χ2v) is 6.93. The lowest BCUT2D eigenvalue weighted by Crippen LogP contribution is -2.47. The molecule has 2 N–H and O–H groups in total. The van der Waals surface area contributed by atoms with Gasteiger partial charge in [0, 0.05) is 58.0 Å². The highest BCUT2D eigenvalue weighted by molar-refractivity contribution is 14.0. The van der Waals surface area contributed by atoms with E-state index in [1.54, 1.807) is 0 Å². The minimum Gasteiger partial charge on any atom is -0.391 e. The van der Waals surface area contributed by atoms with E-state index in [0.29, 0.717) is 6.54 Å². The van der Waals surface area contributed by atoms with Crippen LogP contribution in [0.3, 0.4) is 0 Å². The second kappa shape index (κ2) is 11.0. The number of halogens is 2. The monoisotopic (exact) mass is 491 g/mol. The predicted molar refractivity (Wildman–Crippen MR) is 119 cm³/mol. The molecule has 2 fully saturated rings. The van der Waals surface area contributed by atoms with Crippen molar-refractivity contribution in [2.24, 2.45) is 4.99 Å². The number of hydrogen-bond acceptors (Lipinski definition) is 4. The van der Waals surface area contributed by atoms with Gasteiger partial charge in [-0.25, -0.2) is 4.39 Å². The van der Waals surface area contributed by atoms with Crippen LogP contribution in [0.1, 0.15) is 13.3 Å². The van der Waals surface area contributed by atoms with E-state index < -0.39 is 0 Å². The largest absolute Gasteiger partial charge is 0.391 e. The SMILES string of the molecule is CCNC(=NCCN1CCN(c2ccc(F)cc2)CC1)N1CC[C@@H](O)C1.I. The number of hydrogen-bond donors (Lipinski definition) is 2. The number of aliphatic hydroxyl groups is 1. The smallest absolute Gasteiger partial charge is 0.194 e. The first-order chi connectivity index (χ1) is 12.7. The zero-order valence-corrected chi connectivity index (χ0v) is 18.3. The summed E-state index contributed by atoms with van der Waals surface area (Å²) in [6.07, 6.45) is 0.578. The molecule has 1 aromatic rings. The van der Waals surface area contributed by atoms with Gasteiger partial charge >= 0.3 is 0 Å². The number of anilines is 1. The minimum atomic E-state index is -0.238. The Morgan fingerprint density at radius 1 is 1.19 bits per heavy atom. The Morgan fingerprint density at radius 3 is 2.48 bits per heavy atom. The van der Waals surface area contributed by atoms with Crippen molar-refractivity contribution in [2.75, 3.05) is 63.8 Å². The Bertz CT molecular complexity index is 592. The van der Waals surface area contributed by atoms with Crippen molar-refractivity contribution in [1.29, 1.82) is 0 Å². The summed E-state index contributed by atoms with van der Waals surface area (Å²) >= 11 is 0. The molecule has 0 aliphatic carbocycles.